The minimum atomic E-state index is -4.81. The summed E-state index contributed by atoms with van der Waals surface area (Å²) in [5, 5.41) is 15.3. The molecular formula is C23H29F3N4O4S. The number of alkyl halides is 3. The van der Waals surface area contributed by atoms with Crippen molar-refractivity contribution in [1.82, 2.24) is 20.4 Å². The molecule has 3 N–H and O–H groups in total. The van der Waals surface area contributed by atoms with Gasteiger partial charge in [-0.05, 0) is 32.2 Å². The highest BCUT2D eigenvalue weighted by Gasteiger charge is 2.32. The van der Waals surface area contributed by atoms with Gasteiger partial charge in [-0.25, -0.2) is 0 Å². The van der Waals surface area contributed by atoms with Crippen LogP contribution in [0.15, 0.2) is 36.4 Å². The molecule has 0 aliphatic carbocycles. The van der Waals surface area contributed by atoms with E-state index in [-0.39, 0.29) is 29.7 Å². The van der Waals surface area contributed by atoms with E-state index in [1.54, 1.807) is 31.0 Å². The summed E-state index contributed by atoms with van der Waals surface area (Å²) in [6.07, 6.45) is -5.60. The number of amides is 2. The van der Waals surface area contributed by atoms with Crippen LogP contribution in [0.4, 0.5) is 13.2 Å². The van der Waals surface area contributed by atoms with Crippen LogP contribution in [0, 0.1) is 0 Å². The van der Waals surface area contributed by atoms with Crippen LogP contribution in [-0.4, -0.2) is 78.5 Å². The number of nitrogens with one attached hydrogen (secondary N) is 2. The van der Waals surface area contributed by atoms with Crippen molar-refractivity contribution in [3.8, 4) is 5.75 Å². The standard InChI is InChI=1S/C23H29F3N4O4S/c1-15(31)20(27-2)22(33)30-11-9-29(10-12-30)14-17-7-8-19(35-17)21(32)28-13-16-5-3-4-6-18(16)34-23(24,25)26/h3-8,15,20,27,31H,9-14H2,1-2H3,(H,28,32)/t15-,20+/m1/s1. The summed E-state index contributed by atoms with van der Waals surface area (Å²) in [7, 11) is 1.64. The van der Waals surface area contributed by atoms with Gasteiger partial charge in [0.25, 0.3) is 5.91 Å². The molecule has 0 bridgehead atoms. The average Bonchev–Trinajstić information content (AvgIpc) is 3.26. The summed E-state index contributed by atoms with van der Waals surface area (Å²) >= 11 is 1.31. The summed E-state index contributed by atoms with van der Waals surface area (Å²) in [6.45, 7) is 4.51. The van der Waals surface area contributed by atoms with Gasteiger partial charge in [0.05, 0.1) is 11.0 Å². The highest BCUT2D eigenvalue weighted by Crippen LogP contribution is 2.26. The highest BCUT2D eigenvalue weighted by molar-refractivity contribution is 7.14. The minimum absolute atomic E-state index is 0.103. The van der Waals surface area contributed by atoms with Gasteiger partial charge in [0.2, 0.25) is 5.91 Å². The number of benzene rings is 1. The number of aliphatic hydroxyl groups is 1. The van der Waals surface area contributed by atoms with Gasteiger partial charge in [-0.2, -0.15) is 0 Å². The summed E-state index contributed by atoms with van der Waals surface area (Å²) in [5.74, 6) is -0.853. The SMILES string of the molecule is CN[C@H](C(=O)N1CCN(Cc2ccc(C(=O)NCc3ccccc3OC(F)(F)F)s2)CC1)[C@@H](C)O. The van der Waals surface area contributed by atoms with Gasteiger partial charge in [-0.1, -0.05) is 18.2 Å². The Bertz CT molecular complexity index is 1010. The van der Waals surface area contributed by atoms with E-state index in [4.69, 9.17) is 0 Å². The number of likely N-dealkylation sites (N-methyl/N-ethyl adjacent to an activating group) is 1. The Balaban J connectivity index is 1.50. The van der Waals surface area contributed by atoms with Crippen LogP contribution in [0.25, 0.3) is 0 Å². The first-order valence-corrected chi connectivity index (χ1v) is 12.0. The van der Waals surface area contributed by atoms with Gasteiger partial charge in [0.1, 0.15) is 11.8 Å². The molecule has 0 spiro atoms. The van der Waals surface area contributed by atoms with E-state index in [1.807, 2.05) is 6.07 Å². The average molecular weight is 515 g/mol. The van der Waals surface area contributed by atoms with Crippen molar-refractivity contribution in [3.05, 3.63) is 51.7 Å². The number of carbonyl (C=O) groups excluding carboxylic acids is 2. The fourth-order valence-corrected chi connectivity index (χ4v) is 4.80. The molecule has 0 radical (unpaired) electrons. The number of carbonyl (C=O) groups is 2. The number of ether oxygens (including phenoxy) is 1. The predicted molar refractivity (Wildman–Crippen MR) is 125 cm³/mol. The molecule has 1 aromatic carbocycles. The summed E-state index contributed by atoms with van der Waals surface area (Å²) in [5.41, 5.74) is 0.221. The van der Waals surface area contributed by atoms with Crippen molar-refractivity contribution in [1.29, 1.82) is 0 Å². The van der Waals surface area contributed by atoms with Gasteiger partial charge in [0, 0.05) is 49.7 Å². The van der Waals surface area contributed by atoms with Crippen molar-refractivity contribution in [2.45, 2.75) is 38.5 Å². The monoisotopic (exact) mass is 514 g/mol. The van der Waals surface area contributed by atoms with Gasteiger partial charge in [-0.3, -0.25) is 14.5 Å². The zero-order chi connectivity index (χ0) is 25.6. The van der Waals surface area contributed by atoms with Crippen molar-refractivity contribution in [2.75, 3.05) is 33.2 Å². The van der Waals surface area contributed by atoms with Crippen LogP contribution in [-0.2, 0) is 17.9 Å². The predicted octanol–water partition coefficient (Wildman–Crippen LogP) is 2.19. The largest absolute Gasteiger partial charge is 0.573 e. The van der Waals surface area contributed by atoms with E-state index in [0.29, 0.717) is 37.6 Å². The van der Waals surface area contributed by atoms with Gasteiger partial charge >= 0.3 is 6.36 Å². The number of hydrogen-bond acceptors (Lipinski definition) is 7. The van der Waals surface area contributed by atoms with Crippen LogP contribution in [0.5, 0.6) is 5.75 Å². The third-order valence-electron chi connectivity index (χ3n) is 5.65. The molecule has 0 unspecified atom stereocenters. The molecule has 35 heavy (non-hydrogen) atoms. The molecule has 3 rings (SSSR count). The van der Waals surface area contributed by atoms with E-state index >= 15 is 0 Å². The minimum Gasteiger partial charge on any atom is -0.405 e. The van der Waals surface area contributed by atoms with E-state index in [9.17, 15) is 27.9 Å². The number of para-hydroxylation sites is 1. The maximum atomic E-state index is 12.6. The molecule has 2 amide bonds. The van der Waals surface area contributed by atoms with Crippen molar-refractivity contribution >= 4 is 23.2 Å². The second-order valence-electron chi connectivity index (χ2n) is 8.21. The molecule has 1 fully saturated rings. The lowest BCUT2D eigenvalue weighted by Crippen LogP contribution is -2.56. The smallest absolute Gasteiger partial charge is 0.405 e. The molecule has 1 aliphatic heterocycles. The third-order valence-corrected chi connectivity index (χ3v) is 6.71. The molecule has 12 heteroatoms. The molecule has 2 aromatic rings. The second-order valence-corrected chi connectivity index (χ2v) is 9.38. The first kappa shape index (κ1) is 26.9. The fraction of sp³-hybridized carbons (Fsp3) is 0.478. The van der Waals surface area contributed by atoms with Crippen LogP contribution in [0.3, 0.4) is 0 Å². The number of halogens is 3. The number of thiophene rings is 1. The Morgan fingerprint density at radius 1 is 1.14 bits per heavy atom. The van der Waals surface area contributed by atoms with E-state index in [2.05, 4.69) is 20.3 Å². The number of nitrogens with zero attached hydrogens (tertiary/aromatic N) is 2. The Morgan fingerprint density at radius 2 is 1.83 bits per heavy atom. The third kappa shape index (κ3) is 7.66. The fourth-order valence-electron chi connectivity index (χ4n) is 3.84. The molecule has 2 heterocycles. The van der Waals surface area contributed by atoms with Crippen molar-refractivity contribution in [3.63, 3.8) is 0 Å². The lowest BCUT2D eigenvalue weighted by Gasteiger charge is -2.36. The normalized spacial score (nSPS) is 16.6. The van der Waals surface area contributed by atoms with Crippen molar-refractivity contribution in [2.24, 2.45) is 0 Å². The second kappa shape index (κ2) is 11.8. The highest BCUT2D eigenvalue weighted by atomic mass is 32.1. The quantitative estimate of drug-likeness (QED) is 0.475. The summed E-state index contributed by atoms with van der Waals surface area (Å²) < 4.78 is 41.8. The summed E-state index contributed by atoms with van der Waals surface area (Å²) in [4.78, 5) is 30.4. The number of rotatable bonds is 9. The van der Waals surface area contributed by atoms with E-state index in [0.717, 1.165) is 4.88 Å². The Morgan fingerprint density at radius 3 is 2.46 bits per heavy atom. The molecule has 0 saturated carbocycles. The maximum Gasteiger partial charge on any atom is 0.573 e. The Kier molecular flexibility index (Phi) is 9.11. The topological polar surface area (TPSA) is 94.1 Å². The lowest BCUT2D eigenvalue weighted by atomic mass is 10.1. The summed E-state index contributed by atoms with van der Waals surface area (Å²) in [6, 6.07) is 8.58. The van der Waals surface area contributed by atoms with Crippen LogP contribution in [0.2, 0.25) is 0 Å². The number of piperazine rings is 1. The molecule has 8 nitrogen and oxygen atoms in total. The molecule has 192 valence electrons. The molecule has 1 aromatic heterocycles. The number of aliphatic hydroxyl groups excluding tert-OH is 1. The zero-order valence-electron chi connectivity index (χ0n) is 19.5. The van der Waals surface area contributed by atoms with Crippen molar-refractivity contribution < 1.29 is 32.6 Å². The molecule has 2 atom stereocenters. The van der Waals surface area contributed by atoms with Crippen LogP contribution < -0.4 is 15.4 Å². The van der Waals surface area contributed by atoms with Gasteiger partial charge in [-0.15, -0.1) is 24.5 Å². The Labute approximate surface area is 205 Å². The molecular weight excluding hydrogens is 485 g/mol. The van der Waals surface area contributed by atoms with Gasteiger partial charge in [0.15, 0.2) is 0 Å². The molecule has 1 saturated heterocycles. The first-order chi connectivity index (χ1) is 16.6. The zero-order valence-corrected chi connectivity index (χ0v) is 20.3. The van der Waals surface area contributed by atoms with E-state index < -0.39 is 18.5 Å². The first-order valence-electron chi connectivity index (χ1n) is 11.1. The number of hydrogen-bond donors (Lipinski definition) is 3. The van der Waals surface area contributed by atoms with Gasteiger partial charge < -0.3 is 25.4 Å². The Hall–Kier alpha value is -2.67. The lowest BCUT2D eigenvalue weighted by molar-refractivity contribution is -0.274. The van der Waals surface area contributed by atoms with Crippen LogP contribution in [0.1, 0.15) is 27.0 Å². The molecule has 1 aliphatic rings. The van der Waals surface area contributed by atoms with Crippen LogP contribution >= 0.6 is 11.3 Å². The maximum absolute atomic E-state index is 12.6. The van der Waals surface area contributed by atoms with E-state index in [1.165, 1.54) is 29.5 Å².